The van der Waals surface area contributed by atoms with Crippen LogP contribution in [0.4, 0.5) is 0 Å². The van der Waals surface area contributed by atoms with Gasteiger partial charge in [0, 0.05) is 21.1 Å². The molecule has 0 aliphatic carbocycles. The summed E-state index contributed by atoms with van der Waals surface area (Å²) in [6.07, 6.45) is 0. The van der Waals surface area contributed by atoms with Gasteiger partial charge in [-0.15, -0.1) is 0 Å². The normalized spacial score (nSPS) is 11.1. The summed E-state index contributed by atoms with van der Waals surface area (Å²) in [4.78, 5) is 54.6. The third kappa shape index (κ3) is 2340. The van der Waals surface area contributed by atoms with Gasteiger partial charge in [0.25, 0.3) is 0 Å². The molecule has 0 saturated heterocycles. The molecule has 0 aromatic rings. The van der Waals surface area contributed by atoms with Gasteiger partial charge in [-0.2, -0.15) is 0 Å². The van der Waals surface area contributed by atoms with Gasteiger partial charge in [0.2, 0.25) is 0 Å². The van der Waals surface area contributed by atoms with Gasteiger partial charge in [-0.1, -0.05) is 22.8 Å². The minimum atomic E-state index is -4.14. The second-order valence-corrected chi connectivity index (χ2v) is 6.94. The number of hydrogen-bond acceptors (Lipinski definition) is 9. The van der Waals surface area contributed by atoms with Crippen molar-refractivity contribution in [3.8, 4) is 0 Å². The monoisotopic (exact) mass is 380 g/mol. The molecule has 0 N–H and O–H groups in total. The molecule has 102 valence electrons. The average Bonchev–Trinajstić information content (AvgIpc) is 1.41. The summed E-state index contributed by atoms with van der Waals surface area (Å²) in [5, 5.41) is 0. The fourth-order valence-corrected chi connectivity index (χ4v) is 0. The Morgan fingerprint density at radius 1 is 0.562 bits per heavy atom. The first-order valence-electron chi connectivity index (χ1n) is 2.98. The van der Waals surface area contributed by atoms with Gasteiger partial charge in [-0.05, 0) is 20.0 Å². The summed E-state index contributed by atoms with van der Waals surface area (Å²) < 4.78 is 27.3. The maximum Gasteiger partial charge on any atom is 0 e. The molecule has 9 nitrogen and oxygen atoms in total. The van der Waals surface area contributed by atoms with E-state index in [-0.39, 0.29) is 21.1 Å². The molecule has 0 aliphatic rings. The molecule has 0 radical (unpaired) electrons. The first-order chi connectivity index (χ1) is 6.00. The largest absolute Gasteiger partial charge is 0.811 e. The van der Waals surface area contributed by atoms with Crippen LogP contribution < -0.4 is 29.4 Å². The maximum absolute atomic E-state index is 9.10. The molecule has 0 bridgehead atoms. The Bertz CT molecular complexity index is 212. The second kappa shape index (κ2) is 10.1. The molecule has 0 atom stereocenters. The van der Waals surface area contributed by atoms with Crippen molar-refractivity contribution < 1.29 is 64.1 Å². The summed E-state index contributed by atoms with van der Waals surface area (Å²) in [5.74, 6) is 0. The van der Waals surface area contributed by atoms with Crippen LogP contribution in [0.3, 0.4) is 0 Å². The Morgan fingerprint density at radius 3 is 0.562 bits per heavy atom. The smallest absolute Gasteiger partial charge is 0 e. The van der Waals surface area contributed by atoms with Crippen LogP contribution in [-0.4, -0.2) is 20.0 Å². The van der Waals surface area contributed by atoms with Gasteiger partial charge in [0.05, 0.1) is 0 Å². The summed E-state index contributed by atoms with van der Waals surface area (Å²) in [6.45, 7) is 1.90. The van der Waals surface area contributed by atoms with E-state index < -0.39 is 22.8 Å². The summed E-state index contributed by atoms with van der Waals surface area (Å²) in [7, 11) is -12.4. The van der Waals surface area contributed by atoms with Crippen molar-refractivity contribution in [2.45, 2.75) is 0 Å². The topological polar surface area (TPSA) is 190 Å². The SMILES string of the molecule is CP(=O)([O-])[O-].CP(=O)([O-])[O-].CP(=O)([O-])[O-].[Mo]. The van der Waals surface area contributed by atoms with Crippen LogP contribution in [0.1, 0.15) is 0 Å². The predicted octanol–water partition coefficient (Wildman–Crippen LogP) is -4.41. The van der Waals surface area contributed by atoms with E-state index in [0.29, 0.717) is 20.0 Å². The van der Waals surface area contributed by atoms with Crippen LogP contribution in [0.2, 0.25) is 0 Å². The molecule has 0 spiro atoms. The van der Waals surface area contributed by atoms with Gasteiger partial charge in [-0.3, -0.25) is 0 Å². The van der Waals surface area contributed by atoms with Crippen LogP contribution in [-0.2, 0) is 34.8 Å². The van der Waals surface area contributed by atoms with E-state index >= 15 is 0 Å². The minimum absolute atomic E-state index is 0. The molecular formula is C3H9MoO9P3-6. The number of hydrogen-bond donors (Lipinski definition) is 0. The zero-order chi connectivity index (χ0) is 13.5. The molecule has 0 aromatic heterocycles. The van der Waals surface area contributed by atoms with Crippen molar-refractivity contribution in [2.75, 3.05) is 20.0 Å². The number of rotatable bonds is 0. The van der Waals surface area contributed by atoms with E-state index in [0.717, 1.165) is 0 Å². The molecule has 16 heavy (non-hydrogen) atoms. The van der Waals surface area contributed by atoms with Crippen LogP contribution >= 0.6 is 22.8 Å². The standard InChI is InChI=1S/3CH5O3P.Mo/c3*1-5(2,3)4;/h3*1H3,(H2,2,3,4);/p-6. The van der Waals surface area contributed by atoms with Gasteiger partial charge in [0.15, 0.2) is 0 Å². The maximum atomic E-state index is 9.10. The van der Waals surface area contributed by atoms with Crippen molar-refractivity contribution in [1.82, 2.24) is 0 Å². The first-order valence-corrected chi connectivity index (χ1v) is 8.95. The third-order valence-electron chi connectivity index (χ3n) is 0. The minimum Gasteiger partial charge on any atom is -0.811 e. The van der Waals surface area contributed by atoms with Gasteiger partial charge in [-0.25, -0.2) is 0 Å². The molecule has 0 aromatic carbocycles. The molecule has 0 heterocycles. The van der Waals surface area contributed by atoms with E-state index in [2.05, 4.69) is 0 Å². The van der Waals surface area contributed by atoms with E-state index in [9.17, 15) is 0 Å². The Morgan fingerprint density at radius 2 is 0.562 bits per heavy atom. The quantitative estimate of drug-likeness (QED) is 0.296. The van der Waals surface area contributed by atoms with Crippen LogP contribution in [0.5, 0.6) is 0 Å². The average molecular weight is 378 g/mol. The van der Waals surface area contributed by atoms with Gasteiger partial charge >= 0.3 is 0 Å². The van der Waals surface area contributed by atoms with Crippen molar-refractivity contribution in [1.29, 1.82) is 0 Å². The Hall–Kier alpha value is 1.14. The van der Waals surface area contributed by atoms with Gasteiger partial charge < -0.3 is 43.1 Å². The first kappa shape index (κ1) is 25.9. The molecule has 0 fully saturated rings. The Balaban J connectivity index is -0.0000000655. The molecule has 0 amide bonds. The van der Waals surface area contributed by atoms with E-state index in [1.165, 1.54) is 0 Å². The molecule has 13 heteroatoms. The molecule has 0 unspecified atom stereocenters. The molecule has 0 aliphatic heterocycles. The molecule has 0 saturated carbocycles. The summed E-state index contributed by atoms with van der Waals surface area (Å²) >= 11 is 0. The predicted molar refractivity (Wildman–Crippen MR) is 40.6 cm³/mol. The fourth-order valence-electron chi connectivity index (χ4n) is 0. The summed E-state index contributed by atoms with van der Waals surface area (Å²) in [5.41, 5.74) is 0. The van der Waals surface area contributed by atoms with Gasteiger partial charge in [0.1, 0.15) is 0 Å². The van der Waals surface area contributed by atoms with Crippen molar-refractivity contribution in [3.63, 3.8) is 0 Å². The Labute approximate surface area is 107 Å². The zero-order valence-corrected chi connectivity index (χ0v) is 13.1. The van der Waals surface area contributed by atoms with E-state index in [1.807, 2.05) is 0 Å². The zero-order valence-electron chi connectivity index (χ0n) is 8.42. The van der Waals surface area contributed by atoms with E-state index in [4.69, 9.17) is 43.1 Å². The van der Waals surface area contributed by atoms with Crippen LogP contribution in [0.25, 0.3) is 0 Å². The van der Waals surface area contributed by atoms with Crippen LogP contribution in [0, 0.1) is 0 Å². The molecule has 0 rings (SSSR count). The van der Waals surface area contributed by atoms with E-state index in [1.54, 1.807) is 0 Å². The van der Waals surface area contributed by atoms with Crippen molar-refractivity contribution in [2.24, 2.45) is 0 Å². The summed E-state index contributed by atoms with van der Waals surface area (Å²) in [6, 6.07) is 0. The third-order valence-corrected chi connectivity index (χ3v) is 0. The molecular weight excluding hydrogens is 369 g/mol. The Kier molecular flexibility index (Phi) is 16.3. The van der Waals surface area contributed by atoms with Crippen LogP contribution in [0.15, 0.2) is 0 Å². The van der Waals surface area contributed by atoms with Crippen molar-refractivity contribution in [3.05, 3.63) is 0 Å². The van der Waals surface area contributed by atoms with Crippen molar-refractivity contribution >= 4 is 22.8 Å². The second-order valence-electron chi connectivity index (χ2n) is 2.31. The fraction of sp³-hybridized carbons (Fsp3) is 1.00.